The molecule has 0 radical (unpaired) electrons. The fourth-order valence-corrected chi connectivity index (χ4v) is 1.04. The molecule has 0 unspecified atom stereocenters. The van der Waals surface area contributed by atoms with E-state index >= 15 is 0 Å². The van der Waals surface area contributed by atoms with Crippen LogP contribution in [0.1, 0.15) is 17.3 Å². The minimum Gasteiger partial charge on any atom is -0.348 e. The summed E-state index contributed by atoms with van der Waals surface area (Å²) < 4.78 is 25.9. The van der Waals surface area contributed by atoms with Crippen molar-refractivity contribution >= 4 is 5.91 Å². The van der Waals surface area contributed by atoms with Gasteiger partial charge in [0, 0.05) is 12.6 Å². The van der Waals surface area contributed by atoms with Gasteiger partial charge in [0.2, 0.25) is 0 Å². The molecular formula is C10H12F2N2O. The van der Waals surface area contributed by atoms with E-state index in [1.54, 1.807) is 6.92 Å². The van der Waals surface area contributed by atoms with Crippen molar-refractivity contribution in [1.29, 1.82) is 0 Å². The van der Waals surface area contributed by atoms with E-state index < -0.39 is 17.5 Å². The van der Waals surface area contributed by atoms with Crippen LogP contribution in [0, 0.1) is 11.6 Å². The predicted octanol–water partition coefficient (Wildman–Crippen LogP) is 1.04. The number of nitrogens with one attached hydrogen (secondary N) is 1. The van der Waals surface area contributed by atoms with Gasteiger partial charge in [-0.2, -0.15) is 0 Å². The van der Waals surface area contributed by atoms with Gasteiger partial charge < -0.3 is 11.1 Å². The number of benzene rings is 1. The molecule has 0 aliphatic heterocycles. The molecular weight excluding hydrogens is 202 g/mol. The molecule has 0 saturated heterocycles. The lowest BCUT2D eigenvalue weighted by Crippen LogP contribution is -2.38. The van der Waals surface area contributed by atoms with E-state index in [-0.39, 0.29) is 18.2 Å². The van der Waals surface area contributed by atoms with Gasteiger partial charge in [0.1, 0.15) is 0 Å². The summed E-state index contributed by atoms with van der Waals surface area (Å²) in [5, 5.41) is 2.44. The highest BCUT2D eigenvalue weighted by Crippen LogP contribution is 2.11. The zero-order chi connectivity index (χ0) is 11.4. The largest absolute Gasteiger partial charge is 0.348 e. The number of hydrogen-bond donors (Lipinski definition) is 2. The lowest BCUT2D eigenvalue weighted by Gasteiger charge is -2.11. The molecule has 0 aliphatic rings. The average molecular weight is 214 g/mol. The van der Waals surface area contributed by atoms with E-state index in [2.05, 4.69) is 5.32 Å². The van der Waals surface area contributed by atoms with Gasteiger partial charge in [-0.1, -0.05) is 6.07 Å². The normalized spacial score (nSPS) is 12.3. The molecule has 82 valence electrons. The third kappa shape index (κ3) is 2.73. The SMILES string of the molecule is C[C@H](CN)NC(=O)c1cccc(F)c1F. The second-order valence-electron chi connectivity index (χ2n) is 3.21. The van der Waals surface area contributed by atoms with Crippen LogP contribution in [0.3, 0.4) is 0 Å². The van der Waals surface area contributed by atoms with Gasteiger partial charge in [-0.15, -0.1) is 0 Å². The average Bonchev–Trinajstić information content (AvgIpc) is 2.21. The zero-order valence-electron chi connectivity index (χ0n) is 8.26. The molecule has 0 heterocycles. The quantitative estimate of drug-likeness (QED) is 0.790. The first-order valence-electron chi connectivity index (χ1n) is 4.51. The molecule has 1 amide bonds. The molecule has 0 aliphatic carbocycles. The smallest absolute Gasteiger partial charge is 0.254 e. The maximum Gasteiger partial charge on any atom is 0.254 e. The maximum atomic E-state index is 13.1. The minimum absolute atomic E-state index is 0.239. The highest BCUT2D eigenvalue weighted by Gasteiger charge is 2.15. The van der Waals surface area contributed by atoms with E-state index in [0.717, 1.165) is 6.07 Å². The molecule has 1 aromatic rings. The number of amides is 1. The lowest BCUT2D eigenvalue weighted by atomic mass is 10.2. The number of rotatable bonds is 3. The Bertz CT molecular complexity index is 368. The highest BCUT2D eigenvalue weighted by atomic mass is 19.2. The van der Waals surface area contributed by atoms with Crippen molar-refractivity contribution in [2.75, 3.05) is 6.54 Å². The van der Waals surface area contributed by atoms with E-state index in [0.29, 0.717) is 0 Å². The molecule has 3 N–H and O–H groups in total. The maximum absolute atomic E-state index is 13.1. The molecule has 1 aromatic carbocycles. The lowest BCUT2D eigenvalue weighted by molar-refractivity contribution is 0.0936. The van der Waals surface area contributed by atoms with Crippen molar-refractivity contribution < 1.29 is 13.6 Å². The fraction of sp³-hybridized carbons (Fsp3) is 0.300. The van der Waals surface area contributed by atoms with Crippen LogP contribution in [0.4, 0.5) is 8.78 Å². The van der Waals surface area contributed by atoms with Crippen LogP contribution >= 0.6 is 0 Å². The Labute approximate surface area is 86.3 Å². The van der Waals surface area contributed by atoms with E-state index in [1.807, 2.05) is 0 Å². The van der Waals surface area contributed by atoms with Crippen molar-refractivity contribution in [3.8, 4) is 0 Å². The molecule has 5 heteroatoms. The van der Waals surface area contributed by atoms with Crippen molar-refractivity contribution in [3.63, 3.8) is 0 Å². The van der Waals surface area contributed by atoms with Crippen molar-refractivity contribution in [3.05, 3.63) is 35.4 Å². The summed E-state index contributed by atoms with van der Waals surface area (Å²) in [5.41, 5.74) is 4.97. The number of halogens is 2. The van der Waals surface area contributed by atoms with Crippen LogP contribution in [-0.2, 0) is 0 Å². The standard InChI is InChI=1S/C10H12F2N2O/c1-6(5-13)14-10(15)7-3-2-4-8(11)9(7)12/h2-4,6H,5,13H2,1H3,(H,14,15)/t6-/m1/s1. The third-order valence-corrected chi connectivity index (χ3v) is 1.93. The number of nitrogens with two attached hydrogens (primary N) is 1. The number of hydrogen-bond acceptors (Lipinski definition) is 2. The first-order chi connectivity index (χ1) is 7.06. The van der Waals surface area contributed by atoms with Gasteiger partial charge in [-0.25, -0.2) is 8.78 Å². The summed E-state index contributed by atoms with van der Waals surface area (Å²) in [5.74, 6) is -2.84. The summed E-state index contributed by atoms with van der Waals surface area (Å²) in [7, 11) is 0. The Morgan fingerprint density at radius 1 is 1.53 bits per heavy atom. The fourth-order valence-electron chi connectivity index (χ4n) is 1.04. The minimum atomic E-state index is -1.14. The second-order valence-corrected chi connectivity index (χ2v) is 3.21. The van der Waals surface area contributed by atoms with Crippen molar-refractivity contribution in [2.24, 2.45) is 5.73 Å². The topological polar surface area (TPSA) is 55.1 Å². The Morgan fingerprint density at radius 3 is 2.80 bits per heavy atom. The monoisotopic (exact) mass is 214 g/mol. The second kappa shape index (κ2) is 4.84. The Hall–Kier alpha value is -1.49. The molecule has 1 atom stereocenters. The van der Waals surface area contributed by atoms with Crippen molar-refractivity contribution in [2.45, 2.75) is 13.0 Å². The highest BCUT2D eigenvalue weighted by molar-refractivity contribution is 5.94. The van der Waals surface area contributed by atoms with Crippen LogP contribution in [0.25, 0.3) is 0 Å². The zero-order valence-corrected chi connectivity index (χ0v) is 8.26. The molecule has 0 saturated carbocycles. The van der Waals surface area contributed by atoms with Crippen LogP contribution < -0.4 is 11.1 Å². The summed E-state index contributed by atoms with van der Waals surface area (Å²) in [6.45, 7) is 1.91. The molecule has 0 bridgehead atoms. The van der Waals surface area contributed by atoms with Gasteiger partial charge in [0.15, 0.2) is 11.6 Å². The summed E-state index contributed by atoms with van der Waals surface area (Å²) in [6, 6.07) is 3.18. The molecule has 0 fully saturated rings. The Kier molecular flexibility index (Phi) is 3.74. The van der Waals surface area contributed by atoms with E-state index in [1.165, 1.54) is 12.1 Å². The molecule has 0 spiro atoms. The molecule has 3 nitrogen and oxygen atoms in total. The van der Waals surface area contributed by atoms with Gasteiger partial charge in [0.05, 0.1) is 5.56 Å². The first-order valence-corrected chi connectivity index (χ1v) is 4.51. The van der Waals surface area contributed by atoms with Crippen LogP contribution in [-0.4, -0.2) is 18.5 Å². The van der Waals surface area contributed by atoms with Crippen molar-refractivity contribution in [1.82, 2.24) is 5.32 Å². The first kappa shape index (κ1) is 11.6. The summed E-state index contributed by atoms with van der Waals surface area (Å²) in [4.78, 5) is 11.4. The van der Waals surface area contributed by atoms with Gasteiger partial charge in [-0.3, -0.25) is 4.79 Å². The number of carbonyl (C=O) groups is 1. The molecule has 1 rings (SSSR count). The van der Waals surface area contributed by atoms with Gasteiger partial charge in [-0.05, 0) is 19.1 Å². The van der Waals surface area contributed by atoms with E-state index in [9.17, 15) is 13.6 Å². The third-order valence-electron chi connectivity index (χ3n) is 1.93. The Balaban J connectivity index is 2.87. The van der Waals surface area contributed by atoms with Gasteiger partial charge in [0.25, 0.3) is 5.91 Å². The van der Waals surface area contributed by atoms with Crippen LogP contribution in [0.2, 0.25) is 0 Å². The predicted molar refractivity (Wildman–Crippen MR) is 52.3 cm³/mol. The van der Waals surface area contributed by atoms with Gasteiger partial charge >= 0.3 is 0 Å². The van der Waals surface area contributed by atoms with E-state index in [4.69, 9.17) is 5.73 Å². The summed E-state index contributed by atoms with van der Waals surface area (Å²) in [6.07, 6.45) is 0. The van der Waals surface area contributed by atoms with Crippen LogP contribution in [0.5, 0.6) is 0 Å². The number of carbonyl (C=O) groups excluding carboxylic acids is 1. The Morgan fingerprint density at radius 2 is 2.20 bits per heavy atom. The molecule has 0 aromatic heterocycles. The summed E-state index contributed by atoms with van der Waals surface area (Å²) >= 11 is 0. The van der Waals surface area contributed by atoms with Crippen LogP contribution in [0.15, 0.2) is 18.2 Å². The molecule has 15 heavy (non-hydrogen) atoms.